The van der Waals surface area contributed by atoms with Crippen LogP contribution in [0.15, 0.2) is 36.4 Å². The van der Waals surface area contributed by atoms with Crippen LogP contribution in [0.4, 0.5) is 13.2 Å². The number of esters is 1. The highest BCUT2D eigenvalue weighted by molar-refractivity contribution is 5.84. The molecule has 1 N–H and O–H groups in total. The number of fused-ring (bicyclic) bond motifs is 1. The zero-order valence-electron chi connectivity index (χ0n) is 19.8. The number of hydrogen-bond acceptors (Lipinski definition) is 4. The van der Waals surface area contributed by atoms with Gasteiger partial charge in [0.15, 0.2) is 0 Å². The molecular weight excluding hydrogens is 431 g/mol. The predicted octanol–water partition coefficient (Wildman–Crippen LogP) is 6.58. The quantitative estimate of drug-likeness (QED) is 0.469. The summed E-state index contributed by atoms with van der Waals surface area (Å²) >= 11 is 0. The van der Waals surface area contributed by atoms with Crippen LogP contribution < -0.4 is 10.1 Å². The average molecular weight is 466 g/mol. The molecule has 1 unspecified atom stereocenters. The summed E-state index contributed by atoms with van der Waals surface area (Å²) in [5.41, 5.74) is 0.419. The highest BCUT2D eigenvalue weighted by Gasteiger charge is 2.40. The highest BCUT2D eigenvalue weighted by Crippen LogP contribution is 2.39. The number of hydrogen-bond donors (Lipinski definition) is 1. The predicted molar refractivity (Wildman–Crippen MR) is 123 cm³/mol. The van der Waals surface area contributed by atoms with E-state index in [1.165, 1.54) is 19.2 Å². The van der Waals surface area contributed by atoms with E-state index in [1.54, 1.807) is 12.1 Å². The second-order valence-electron chi connectivity index (χ2n) is 9.98. The first-order chi connectivity index (χ1) is 15.5. The van der Waals surface area contributed by atoms with Crippen LogP contribution >= 0.6 is 0 Å². The van der Waals surface area contributed by atoms with Gasteiger partial charge in [0.2, 0.25) is 0 Å². The van der Waals surface area contributed by atoms with E-state index in [-0.39, 0.29) is 24.6 Å². The second kappa shape index (κ2) is 10.3. The number of carbonyl (C=O) groups is 1. The summed E-state index contributed by atoms with van der Waals surface area (Å²) < 4.78 is 51.6. The summed E-state index contributed by atoms with van der Waals surface area (Å²) in [4.78, 5) is 11.2. The molecule has 33 heavy (non-hydrogen) atoms. The first-order valence-electron chi connectivity index (χ1n) is 11.5. The molecule has 0 bridgehead atoms. The summed E-state index contributed by atoms with van der Waals surface area (Å²) in [5.74, 6) is 0.898. The smallest absolute Gasteiger partial charge is 0.407 e. The lowest BCUT2D eigenvalue weighted by Crippen LogP contribution is -2.35. The first kappa shape index (κ1) is 25.3. The van der Waals surface area contributed by atoms with Crippen LogP contribution in [-0.4, -0.2) is 31.9 Å². The van der Waals surface area contributed by atoms with Crippen LogP contribution in [0.1, 0.15) is 64.5 Å². The van der Waals surface area contributed by atoms with Gasteiger partial charge < -0.3 is 14.8 Å². The van der Waals surface area contributed by atoms with Crippen molar-refractivity contribution in [2.75, 3.05) is 13.7 Å². The molecule has 1 aliphatic carbocycles. The van der Waals surface area contributed by atoms with Crippen molar-refractivity contribution in [3.05, 3.63) is 42.0 Å². The zero-order valence-corrected chi connectivity index (χ0v) is 19.8. The summed E-state index contributed by atoms with van der Waals surface area (Å²) in [6.07, 6.45) is -0.116. The third kappa shape index (κ3) is 6.85. The molecule has 2 aromatic rings. The summed E-state index contributed by atoms with van der Waals surface area (Å²) in [6, 6.07) is 8.37. The molecule has 182 valence electrons. The Kier molecular flexibility index (Phi) is 7.93. The maximum Gasteiger partial charge on any atom is 0.407 e. The summed E-state index contributed by atoms with van der Waals surface area (Å²) in [7, 11) is 1.21. The molecule has 1 atom stereocenters. The van der Waals surface area contributed by atoms with Crippen LogP contribution in [0.3, 0.4) is 0 Å². The van der Waals surface area contributed by atoms with Gasteiger partial charge in [-0.15, -0.1) is 0 Å². The number of methoxy groups -OCH3 is 1. The molecule has 4 nitrogen and oxygen atoms in total. The van der Waals surface area contributed by atoms with Gasteiger partial charge in [0, 0.05) is 6.54 Å². The fraction of sp³-hybridized carbons (Fsp3) is 0.577. The van der Waals surface area contributed by atoms with E-state index < -0.39 is 18.2 Å². The van der Waals surface area contributed by atoms with Crippen molar-refractivity contribution in [1.82, 2.24) is 5.32 Å². The molecular formula is C26H34F3NO3. The van der Waals surface area contributed by atoms with Crippen molar-refractivity contribution < 1.29 is 27.4 Å². The lowest BCUT2D eigenvalue weighted by Gasteiger charge is -2.37. The van der Waals surface area contributed by atoms with Gasteiger partial charge in [-0.2, -0.15) is 13.2 Å². The van der Waals surface area contributed by atoms with Crippen LogP contribution in [0, 0.1) is 11.3 Å². The van der Waals surface area contributed by atoms with Crippen molar-refractivity contribution in [1.29, 1.82) is 0 Å². The molecule has 0 heterocycles. The first-order valence-corrected chi connectivity index (χ1v) is 11.5. The van der Waals surface area contributed by atoms with Gasteiger partial charge in [0.1, 0.15) is 11.8 Å². The van der Waals surface area contributed by atoms with Crippen molar-refractivity contribution in [3.63, 3.8) is 0 Å². The molecule has 0 radical (unpaired) electrons. The van der Waals surface area contributed by atoms with Crippen LogP contribution in [0.25, 0.3) is 10.8 Å². The maximum atomic E-state index is 13.6. The summed E-state index contributed by atoms with van der Waals surface area (Å²) in [6.45, 7) is 6.73. The minimum absolute atomic E-state index is 0.106. The highest BCUT2D eigenvalue weighted by atomic mass is 19.4. The lowest BCUT2D eigenvalue weighted by molar-refractivity contribution is -0.158. The topological polar surface area (TPSA) is 47.6 Å². The van der Waals surface area contributed by atoms with E-state index in [4.69, 9.17) is 4.74 Å². The van der Waals surface area contributed by atoms with Gasteiger partial charge in [-0.05, 0) is 71.6 Å². The number of rotatable bonds is 7. The number of halogens is 3. The molecule has 1 saturated carbocycles. The Morgan fingerprint density at radius 2 is 1.67 bits per heavy atom. The van der Waals surface area contributed by atoms with Crippen molar-refractivity contribution in [3.8, 4) is 5.75 Å². The molecule has 3 rings (SSSR count). The molecule has 0 spiro atoms. The largest absolute Gasteiger partial charge is 0.490 e. The molecule has 1 aliphatic rings. The Morgan fingerprint density at radius 3 is 2.27 bits per heavy atom. The van der Waals surface area contributed by atoms with E-state index in [9.17, 15) is 18.0 Å². The Balaban J connectivity index is 1.68. The SMILES string of the molecule is COC(=O)CCNC(c1ccc2cc(O[C@H]3CC[C@H](C(C)(C)C)CC3)ccc2c1)C(F)(F)F. The number of ether oxygens (including phenoxy) is 2. The van der Waals surface area contributed by atoms with Crippen molar-refractivity contribution in [2.45, 2.75) is 71.2 Å². The standard InChI is InChI=1S/C26H34F3NO3/c1-25(2,3)20-8-11-21(12-9-20)33-22-10-7-17-15-19(6-5-18(17)16-22)24(26(27,28)29)30-14-13-23(31)32-4/h5-7,10,15-16,20-21,24,30H,8-9,11-14H2,1-4H3/t20-,21-,24?. The van der Waals surface area contributed by atoms with E-state index in [0.717, 1.165) is 36.8 Å². The minimum atomic E-state index is -4.49. The van der Waals surface area contributed by atoms with Gasteiger partial charge >= 0.3 is 12.1 Å². The van der Waals surface area contributed by atoms with E-state index in [2.05, 4.69) is 30.8 Å². The van der Waals surface area contributed by atoms with Crippen LogP contribution in [-0.2, 0) is 9.53 Å². The van der Waals surface area contributed by atoms with E-state index in [1.807, 2.05) is 12.1 Å². The van der Waals surface area contributed by atoms with Crippen LogP contribution in [0.2, 0.25) is 0 Å². The number of carbonyl (C=O) groups excluding carboxylic acids is 1. The number of alkyl halides is 3. The maximum absolute atomic E-state index is 13.6. The van der Waals surface area contributed by atoms with E-state index in [0.29, 0.717) is 16.7 Å². The van der Waals surface area contributed by atoms with Crippen molar-refractivity contribution >= 4 is 16.7 Å². The third-order valence-corrected chi connectivity index (χ3v) is 6.60. The third-order valence-electron chi connectivity index (χ3n) is 6.60. The Morgan fingerprint density at radius 1 is 1.03 bits per heavy atom. The average Bonchev–Trinajstić information content (AvgIpc) is 2.75. The Hall–Kier alpha value is -2.28. The molecule has 7 heteroatoms. The summed E-state index contributed by atoms with van der Waals surface area (Å²) in [5, 5.41) is 3.97. The fourth-order valence-electron chi connectivity index (χ4n) is 4.58. The van der Waals surface area contributed by atoms with Crippen molar-refractivity contribution in [2.24, 2.45) is 11.3 Å². The van der Waals surface area contributed by atoms with Gasteiger partial charge in [-0.1, -0.05) is 39.0 Å². The van der Waals surface area contributed by atoms with Gasteiger partial charge in [-0.25, -0.2) is 0 Å². The molecule has 0 amide bonds. The minimum Gasteiger partial charge on any atom is -0.490 e. The molecule has 2 aromatic carbocycles. The lowest BCUT2D eigenvalue weighted by atomic mass is 9.72. The number of benzene rings is 2. The van der Waals surface area contributed by atoms with Gasteiger partial charge in [-0.3, -0.25) is 4.79 Å². The van der Waals surface area contributed by atoms with Gasteiger partial charge in [0.25, 0.3) is 0 Å². The molecule has 0 aromatic heterocycles. The van der Waals surface area contributed by atoms with Crippen LogP contribution in [0.5, 0.6) is 5.75 Å². The number of nitrogens with one attached hydrogen (secondary N) is 1. The Bertz CT molecular complexity index is 944. The molecule has 0 aliphatic heterocycles. The second-order valence-corrected chi connectivity index (χ2v) is 9.98. The Labute approximate surface area is 193 Å². The normalized spacial score (nSPS) is 20.5. The molecule has 0 saturated heterocycles. The monoisotopic (exact) mass is 465 g/mol. The zero-order chi connectivity index (χ0) is 24.2. The van der Waals surface area contributed by atoms with E-state index >= 15 is 0 Å². The fourth-order valence-corrected chi connectivity index (χ4v) is 4.58. The van der Waals surface area contributed by atoms with Gasteiger partial charge in [0.05, 0.1) is 19.6 Å². The molecule has 1 fully saturated rings.